The summed E-state index contributed by atoms with van der Waals surface area (Å²) in [6.07, 6.45) is 4.47. The van der Waals surface area contributed by atoms with Crippen LogP contribution >= 0.6 is 0 Å². The fourth-order valence-corrected chi connectivity index (χ4v) is 5.93. The fraction of sp³-hybridized carbons (Fsp3) is 0.633. The zero-order chi connectivity index (χ0) is 32.6. The first kappa shape index (κ1) is 35.1. The van der Waals surface area contributed by atoms with Crippen molar-refractivity contribution in [1.82, 2.24) is 24.7 Å². The number of carbonyl (C=O) groups is 2. The van der Waals surface area contributed by atoms with Crippen LogP contribution in [0.1, 0.15) is 64.2 Å². The van der Waals surface area contributed by atoms with E-state index in [1.807, 2.05) is 27.7 Å². The zero-order valence-corrected chi connectivity index (χ0v) is 27.6. The largest absolute Gasteiger partial charge is 0.490 e. The van der Waals surface area contributed by atoms with Crippen LogP contribution < -0.4 is 14.8 Å². The number of aryl methyl sites for hydroxylation is 1. The van der Waals surface area contributed by atoms with Crippen molar-refractivity contribution in [3.05, 3.63) is 36.3 Å². The topological polar surface area (TPSA) is 155 Å². The minimum absolute atomic E-state index is 0.0200. The lowest BCUT2D eigenvalue weighted by atomic mass is 10.0. The second-order valence-corrected chi connectivity index (χ2v) is 13.6. The molecule has 0 bridgehead atoms. The van der Waals surface area contributed by atoms with Gasteiger partial charge in [-0.1, -0.05) is 6.92 Å². The molecule has 246 valence electrons. The highest BCUT2D eigenvalue weighted by atomic mass is 32.2. The van der Waals surface area contributed by atoms with Gasteiger partial charge in [-0.3, -0.25) is 9.52 Å². The molecule has 2 aromatic rings. The SMILES string of the molecule is CC(C)NC(=O)N(C)C[C@@H]1OCCCC[C@@H](C)Oc2ccc(NS(=O)(=O)c3cn(C)cn3)cc2C(=O)N([C@H](C)CO)C[C@@H]1C. The highest BCUT2D eigenvalue weighted by Gasteiger charge is 2.31. The Morgan fingerprint density at radius 3 is 2.59 bits per heavy atom. The van der Waals surface area contributed by atoms with Crippen LogP contribution in [0, 0.1) is 5.92 Å². The molecule has 0 aliphatic carbocycles. The average Bonchev–Trinajstić information content (AvgIpc) is 3.41. The number of benzene rings is 1. The molecule has 0 spiro atoms. The van der Waals surface area contributed by atoms with E-state index >= 15 is 0 Å². The Kier molecular flexibility index (Phi) is 12.4. The fourth-order valence-electron chi connectivity index (χ4n) is 4.89. The number of imidazole rings is 1. The first-order chi connectivity index (χ1) is 20.7. The molecule has 2 heterocycles. The average molecular weight is 637 g/mol. The first-order valence-corrected chi connectivity index (χ1v) is 16.6. The van der Waals surface area contributed by atoms with Gasteiger partial charge < -0.3 is 34.3 Å². The molecule has 3 amide bonds. The smallest absolute Gasteiger partial charge is 0.317 e. The first-order valence-electron chi connectivity index (χ1n) is 15.1. The van der Waals surface area contributed by atoms with Crippen molar-refractivity contribution in [2.75, 3.05) is 38.1 Å². The summed E-state index contributed by atoms with van der Waals surface area (Å²) in [6, 6.07) is 3.79. The molecule has 0 fully saturated rings. The molecule has 14 heteroatoms. The standard InChI is InChI=1S/C30H48N6O7S/c1-20(2)32-30(39)35(7)16-27-21(3)15-36(22(4)18-37)29(38)25-14-24(33-44(40,41)28-17-34(6)19-31-28)11-12-26(25)43-23(5)10-8-9-13-42-27/h11-12,14,17,19-23,27,33,37H,8-10,13,15-16,18H2,1-7H3,(H,32,39)/t21-,22+,23+,27-/m0/s1. The lowest BCUT2D eigenvalue weighted by molar-refractivity contribution is -0.0122. The molecule has 1 aromatic carbocycles. The van der Waals surface area contributed by atoms with Gasteiger partial charge in [0.15, 0.2) is 5.03 Å². The van der Waals surface area contributed by atoms with Crippen LogP contribution in [0.4, 0.5) is 10.5 Å². The molecule has 1 aliphatic heterocycles. The molecule has 0 unspecified atom stereocenters. The predicted octanol–water partition coefficient (Wildman–Crippen LogP) is 3.07. The monoisotopic (exact) mass is 636 g/mol. The Hall–Kier alpha value is -3.36. The Labute approximate surface area is 261 Å². The number of aliphatic hydroxyl groups is 1. The molecule has 4 atom stereocenters. The normalized spacial score (nSPS) is 21.2. The van der Waals surface area contributed by atoms with Gasteiger partial charge in [0.25, 0.3) is 15.9 Å². The summed E-state index contributed by atoms with van der Waals surface area (Å²) in [6.45, 7) is 10.1. The van der Waals surface area contributed by atoms with Crippen LogP contribution in [0.5, 0.6) is 5.75 Å². The van der Waals surface area contributed by atoms with Crippen molar-refractivity contribution in [2.24, 2.45) is 13.0 Å². The maximum absolute atomic E-state index is 14.2. The Balaban J connectivity index is 1.98. The van der Waals surface area contributed by atoms with Gasteiger partial charge >= 0.3 is 6.03 Å². The molecular formula is C30H48N6O7S. The maximum atomic E-state index is 14.2. The number of hydrogen-bond acceptors (Lipinski definition) is 8. The van der Waals surface area contributed by atoms with Crippen LogP contribution in [-0.4, -0.2) is 102 Å². The Morgan fingerprint density at radius 2 is 1.95 bits per heavy atom. The number of sulfonamides is 1. The van der Waals surface area contributed by atoms with Crippen LogP contribution in [0.3, 0.4) is 0 Å². The number of fused-ring (bicyclic) bond motifs is 1. The number of carbonyl (C=O) groups excluding carboxylic acids is 2. The Morgan fingerprint density at radius 1 is 1.23 bits per heavy atom. The molecule has 3 rings (SSSR count). The van der Waals surface area contributed by atoms with E-state index in [0.29, 0.717) is 25.3 Å². The van der Waals surface area contributed by atoms with E-state index in [2.05, 4.69) is 15.0 Å². The van der Waals surface area contributed by atoms with Crippen LogP contribution in [-0.2, 0) is 21.8 Å². The summed E-state index contributed by atoms with van der Waals surface area (Å²) < 4.78 is 42.5. The predicted molar refractivity (Wildman–Crippen MR) is 167 cm³/mol. The number of likely N-dealkylation sites (N-methyl/N-ethyl adjacent to an activating group) is 1. The second-order valence-electron chi connectivity index (χ2n) is 12.0. The molecule has 13 nitrogen and oxygen atoms in total. The summed E-state index contributed by atoms with van der Waals surface area (Å²) >= 11 is 0. The number of aromatic nitrogens is 2. The van der Waals surface area contributed by atoms with Gasteiger partial charge in [0, 0.05) is 57.6 Å². The highest BCUT2D eigenvalue weighted by Crippen LogP contribution is 2.29. The van der Waals surface area contributed by atoms with Gasteiger partial charge in [-0.15, -0.1) is 0 Å². The van der Waals surface area contributed by atoms with E-state index in [1.165, 1.54) is 23.2 Å². The lowest BCUT2D eigenvalue weighted by Gasteiger charge is -2.36. The van der Waals surface area contributed by atoms with Crippen molar-refractivity contribution in [3.63, 3.8) is 0 Å². The maximum Gasteiger partial charge on any atom is 0.317 e. The summed E-state index contributed by atoms with van der Waals surface area (Å²) in [5.41, 5.74) is 0.331. The molecule has 1 aromatic heterocycles. The number of amides is 3. The quantitative estimate of drug-likeness (QED) is 0.399. The van der Waals surface area contributed by atoms with E-state index in [-0.39, 0.29) is 59.6 Å². The molecule has 0 saturated heterocycles. The summed E-state index contributed by atoms with van der Waals surface area (Å²) in [4.78, 5) is 34.0. The van der Waals surface area contributed by atoms with E-state index in [0.717, 1.165) is 12.8 Å². The molecule has 0 radical (unpaired) electrons. The van der Waals surface area contributed by atoms with Crippen molar-refractivity contribution in [1.29, 1.82) is 0 Å². The van der Waals surface area contributed by atoms with E-state index in [9.17, 15) is 23.1 Å². The van der Waals surface area contributed by atoms with Gasteiger partial charge in [0.1, 0.15) is 5.75 Å². The van der Waals surface area contributed by atoms with E-state index in [1.54, 1.807) is 43.0 Å². The number of urea groups is 1. The van der Waals surface area contributed by atoms with Crippen LogP contribution in [0.2, 0.25) is 0 Å². The van der Waals surface area contributed by atoms with Crippen LogP contribution in [0.15, 0.2) is 35.7 Å². The molecule has 1 aliphatic rings. The third-order valence-electron chi connectivity index (χ3n) is 7.47. The Bertz CT molecular complexity index is 1370. The summed E-state index contributed by atoms with van der Waals surface area (Å²) in [5, 5.41) is 12.9. The summed E-state index contributed by atoms with van der Waals surface area (Å²) in [5.74, 6) is -0.332. The number of nitrogens with one attached hydrogen (secondary N) is 2. The van der Waals surface area contributed by atoms with Gasteiger partial charge in [0.2, 0.25) is 0 Å². The van der Waals surface area contributed by atoms with E-state index < -0.39 is 22.0 Å². The number of rotatable bonds is 8. The van der Waals surface area contributed by atoms with Gasteiger partial charge in [-0.2, -0.15) is 8.42 Å². The lowest BCUT2D eigenvalue weighted by Crippen LogP contribution is -2.49. The number of aliphatic hydroxyl groups excluding tert-OH is 1. The third-order valence-corrected chi connectivity index (χ3v) is 8.74. The van der Waals surface area contributed by atoms with Crippen molar-refractivity contribution >= 4 is 27.6 Å². The minimum atomic E-state index is -4.01. The van der Waals surface area contributed by atoms with Crippen molar-refractivity contribution < 1.29 is 32.6 Å². The van der Waals surface area contributed by atoms with E-state index in [4.69, 9.17) is 9.47 Å². The number of nitrogens with zero attached hydrogens (tertiary/aromatic N) is 4. The van der Waals surface area contributed by atoms with Crippen molar-refractivity contribution in [2.45, 2.75) is 83.2 Å². The van der Waals surface area contributed by atoms with Gasteiger partial charge in [-0.05, 0) is 65.2 Å². The third kappa shape index (κ3) is 9.57. The number of ether oxygens (including phenoxy) is 2. The molecule has 44 heavy (non-hydrogen) atoms. The molecular weight excluding hydrogens is 588 g/mol. The summed E-state index contributed by atoms with van der Waals surface area (Å²) in [7, 11) is -0.637. The highest BCUT2D eigenvalue weighted by molar-refractivity contribution is 7.92. The molecule has 3 N–H and O–H groups in total. The molecule has 0 saturated carbocycles. The number of anilines is 1. The van der Waals surface area contributed by atoms with Gasteiger partial charge in [-0.25, -0.2) is 9.78 Å². The zero-order valence-electron chi connectivity index (χ0n) is 26.8. The van der Waals surface area contributed by atoms with Gasteiger partial charge in [0.05, 0.1) is 36.7 Å². The van der Waals surface area contributed by atoms with Crippen molar-refractivity contribution in [3.8, 4) is 5.75 Å². The minimum Gasteiger partial charge on any atom is -0.490 e. The van der Waals surface area contributed by atoms with Crippen LogP contribution in [0.25, 0.3) is 0 Å². The number of hydrogen-bond donors (Lipinski definition) is 3. The second kappa shape index (κ2) is 15.6.